The number of nitrogens with one attached hydrogen (secondary N) is 1. The summed E-state index contributed by atoms with van der Waals surface area (Å²) in [7, 11) is 1.64. The smallest absolute Gasteiger partial charge is 0.216 e. The van der Waals surface area contributed by atoms with E-state index in [0.717, 1.165) is 29.1 Å². The van der Waals surface area contributed by atoms with Crippen molar-refractivity contribution >= 4 is 30.0 Å². The zero-order valence-electron chi connectivity index (χ0n) is 16.3. The molecular weight excluding hydrogens is 396 g/mol. The van der Waals surface area contributed by atoms with Gasteiger partial charge < -0.3 is 4.74 Å². The number of hydrogen-bond acceptors (Lipinski definition) is 5. The molecule has 1 aromatic carbocycles. The van der Waals surface area contributed by atoms with Crippen LogP contribution < -0.4 is 4.74 Å². The fraction of sp³-hybridized carbons (Fsp3) is 0.368. The lowest BCUT2D eigenvalue weighted by Gasteiger charge is -2.05. The molecule has 0 saturated carbocycles. The summed E-state index contributed by atoms with van der Waals surface area (Å²) in [6, 6.07) is 7.80. The molecule has 3 aromatic rings. The van der Waals surface area contributed by atoms with E-state index in [0.29, 0.717) is 28.1 Å². The van der Waals surface area contributed by atoms with Gasteiger partial charge in [-0.1, -0.05) is 37.6 Å². The van der Waals surface area contributed by atoms with E-state index in [4.69, 9.17) is 28.6 Å². The Bertz CT molecular complexity index is 1030. The van der Waals surface area contributed by atoms with Crippen LogP contribution in [0.5, 0.6) is 5.75 Å². The number of aromatic nitrogens is 5. The van der Waals surface area contributed by atoms with Crippen molar-refractivity contribution < 1.29 is 4.74 Å². The Morgan fingerprint density at radius 2 is 2.04 bits per heavy atom. The van der Waals surface area contributed by atoms with Crippen LogP contribution in [-0.2, 0) is 13.0 Å². The van der Waals surface area contributed by atoms with Crippen molar-refractivity contribution in [3.63, 3.8) is 0 Å². The molecule has 28 heavy (non-hydrogen) atoms. The fourth-order valence-corrected chi connectivity index (χ4v) is 3.27. The van der Waals surface area contributed by atoms with Gasteiger partial charge in [0.2, 0.25) is 4.77 Å². The molecule has 0 spiro atoms. The molecule has 0 fully saturated rings. The highest BCUT2D eigenvalue weighted by Gasteiger charge is 2.13. The number of nitrogens with zero attached hydrogens (tertiary/aromatic N) is 5. The van der Waals surface area contributed by atoms with E-state index in [2.05, 4.69) is 34.2 Å². The third-order valence-electron chi connectivity index (χ3n) is 4.19. The second-order valence-electron chi connectivity index (χ2n) is 6.89. The highest BCUT2D eigenvalue weighted by atomic mass is 35.5. The Morgan fingerprint density at radius 3 is 2.68 bits per heavy atom. The zero-order chi connectivity index (χ0) is 20.3. The van der Waals surface area contributed by atoms with Gasteiger partial charge in [-0.15, -0.1) is 0 Å². The summed E-state index contributed by atoms with van der Waals surface area (Å²) in [5.74, 6) is 1.96. The molecule has 0 amide bonds. The summed E-state index contributed by atoms with van der Waals surface area (Å²) in [5, 5.41) is 16.7. The lowest BCUT2D eigenvalue weighted by molar-refractivity contribution is 0.414. The SMILES string of the molecule is COc1ccc(Cc2n[nH]c(=S)n2N=Cc2c(C)nn(CC(C)C)c2Cl)cc1. The lowest BCUT2D eigenvalue weighted by Crippen LogP contribution is -2.06. The normalized spacial score (nSPS) is 11.6. The van der Waals surface area contributed by atoms with E-state index >= 15 is 0 Å². The Kier molecular flexibility index (Phi) is 6.31. The monoisotopic (exact) mass is 418 g/mol. The number of methoxy groups -OCH3 is 1. The molecule has 9 heteroatoms. The maximum Gasteiger partial charge on any atom is 0.216 e. The fourth-order valence-electron chi connectivity index (χ4n) is 2.78. The minimum atomic E-state index is 0.420. The highest BCUT2D eigenvalue weighted by molar-refractivity contribution is 7.71. The summed E-state index contributed by atoms with van der Waals surface area (Å²) < 4.78 is 9.02. The van der Waals surface area contributed by atoms with Crippen LogP contribution in [0.3, 0.4) is 0 Å². The van der Waals surface area contributed by atoms with Gasteiger partial charge in [-0.05, 0) is 42.8 Å². The van der Waals surface area contributed by atoms with Crippen LogP contribution >= 0.6 is 23.8 Å². The first-order valence-electron chi connectivity index (χ1n) is 8.95. The first-order chi connectivity index (χ1) is 13.4. The van der Waals surface area contributed by atoms with Crippen molar-refractivity contribution in [1.29, 1.82) is 0 Å². The average Bonchev–Trinajstić information content (AvgIpc) is 3.13. The number of rotatable bonds is 7. The maximum absolute atomic E-state index is 6.49. The molecule has 0 radical (unpaired) electrons. The van der Waals surface area contributed by atoms with Crippen LogP contribution in [0.15, 0.2) is 29.4 Å². The molecule has 0 bridgehead atoms. The number of halogens is 1. The minimum absolute atomic E-state index is 0.420. The molecule has 0 aliphatic heterocycles. The van der Waals surface area contributed by atoms with Crippen molar-refractivity contribution in [3.05, 3.63) is 56.8 Å². The van der Waals surface area contributed by atoms with Gasteiger partial charge in [0.25, 0.3) is 0 Å². The molecule has 2 heterocycles. The van der Waals surface area contributed by atoms with Crippen LogP contribution in [0.2, 0.25) is 5.15 Å². The molecular formula is C19H23ClN6OS. The molecule has 1 N–H and O–H groups in total. The van der Waals surface area contributed by atoms with Crippen LogP contribution in [-0.4, -0.2) is 38.0 Å². The van der Waals surface area contributed by atoms with Crippen LogP contribution in [0.4, 0.5) is 0 Å². The van der Waals surface area contributed by atoms with E-state index in [1.54, 1.807) is 22.7 Å². The second kappa shape index (κ2) is 8.70. The van der Waals surface area contributed by atoms with E-state index in [9.17, 15) is 0 Å². The predicted molar refractivity (Wildman–Crippen MR) is 113 cm³/mol. The number of aromatic amines is 1. The van der Waals surface area contributed by atoms with Crippen molar-refractivity contribution in [1.82, 2.24) is 24.7 Å². The van der Waals surface area contributed by atoms with Crippen LogP contribution in [0.25, 0.3) is 0 Å². The van der Waals surface area contributed by atoms with Gasteiger partial charge in [0, 0.05) is 13.0 Å². The lowest BCUT2D eigenvalue weighted by atomic mass is 10.1. The van der Waals surface area contributed by atoms with Gasteiger partial charge in [0.15, 0.2) is 5.82 Å². The molecule has 0 aliphatic rings. The number of H-pyrrole nitrogens is 1. The molecule has 2 aromatic heterocycles. The van der Waals surface area contributed by atoms with Gasteiger partial charge in [0.1, 0.15) is 10.9 Å². The topological polar surface area (TPSA) is 73.0 Å². The minimum Gasteiger partial charge on any atom is -0.497 e. The quantitative estimate of drug-likeness (QED) is 0.460. The molecule has 148 valence electrons. The van der Waals surface area contributed by atoms with Crippen molar-refractivity contribution in [2.45, 2.75) is 33.7 Å². The number of aryl methyl sites for hydroxylation is 1. The molecule has 0 saturated heterocycles. The third kappa shape index (κ3) is 4.51. The molecule has 3 rings (SSSR count). The predicted octanol–water partition coefficient (Wildman–Crippen LogP) is 4.24. The summed E-state index contributed by atoms with van der Waals surface area (Å²) in [6.45, 7) is 6.91. The molecule has 7 nitrogen and oxygen atoms in total. The summed E-state index contributed by atoms with van der Waals surface area (Å²) in [4.78, 5) is 0. The Hall–Kier alpha value is -2.45. The average molecular weight is 419 g/mol. The van der Waals surface area contributed by atoms with Crippen molar-refractivity contribution in [2.75, 3.05) is 7.11 Å². The zero-order valence-corrected chi connectivity index (χ0v) is 17.9. The van der Waals surface area contributed by atoms with Crippen LogP contribution in [0.1, 0.15) is 36.5 Å². The van der Waals surface area contributed by atoms with Gasteiger partial charge in [-0.2, -0.15) is 20.0 Å². The van der Waals surface area contributed by atoms with Gasteiger partial charge in [-0.25, -0.2) is 0 Å². The number of benzene rings is 1. The standard InChI is InChI=1S/C19H23ClN6OS/c1-12(2)11-25-18(20)16(13(3)24-25)10-21-26-17(22-23-19(26)28)9-14-5-7-15(27-4)8-6-14/h5-8,10,12H,9,11H2,1-4H3,(H,23,28). The summed E-state index contributed by atoms with van der Waals surface area (Å²) >= 11 is 11.8. The number of ether oxygens (including phenoxy) is 1. The molecule has 0 atom stereocenters. The highest BCUT2D eigenvalue weighted by Crippen LogP contribution is 2.19. The summed E-state index contributed by atoms with van der Waals surface area (Å²) in [5.41, 5.74) is 2.67. The molecule has 0 unspecified atom stereocenters. The second-order valence-corrected chi connectivity index (χ2v) is 7.64. The Morgan fingerprint density at radius 1 is 1.32 bits per heavy atom. The van der Waals surface area contributed by atoms with E-state index in [1.165, 1.54) is 0 Å². The van der Waals surface area contributed by atoms with Crippen LogP contribution in [0, 0.1) is 17.6 Å². The van der Waals surface area contributed by atoms with E-state index in [-0.39, 0.29) is 0 Å². The maximum atomic E-state index is 6.49. The number of hydrogen-bond donors (Lipinski definition) is 1. The van der Waals surface area contributed by atoms with Gasteiger partial charge in [-0.3, -0.25) is 9.78 Å². The first-order valence-corrected chi connectivity index (χ1v) is 9.74. The largest absolute Gasteiger partial charge is 0.497 e. The van der Waals surface area contributed by atoms with Gasteiger partial charge >= 0.3 is 0 Å². The van der Waals surface area contributed by atoms with Crippen molar-refractivity contribution in [2.24, 2.45) is 11.0 Å². The van der Waals surface area contributed by atoms with E-state index < -0.39 is 0 Å². The van der Waals surface area contributed by atoms with Gasteiger partial charge in [0.05, 0.1) is 24.6 Å². The summed E-state index contributed by atoms with van der Waals surface area (Å²) in [6.07, 6.45) is 2.26. The first kappa shape index (κ1) is 20.3. The van der Waals surface area contributed by atoms with E-state index in [1.807, 2.05) is 31.2 Å². The Labute approximate surface area is 174 Å². The third-order valence-corrected chi connectivity index (χ3v) is 4.85. The Balaban J connectivity index is 1.86. The molecule has 0 aliphatic carbocycles. The van der Waals surface area contributed by atoms with Crippen molar-refractivity contribution in [3.8, 4) is 5.75 Å².